The number of pyridine rings is 1. The Balaban J connectivity index is 1.94. The molecule has 0 spiro atoms. The number of amides is 1. The summed E-state index contributed by atoms with van der Waals surface area (Å²) >= 11 is 9.23. The van der Waals surface area contributed by atoms with Gasteiger partial charge in [-0.05, 0) is 34.1 Å². The van der Waals surface area contributed by atoms with Gasteiger partial charge in [-0.3, -0.25) is 4.79 Å². The molecule has 3 N–H and O–H groups in total. The fourth-order valence-corrected chi connectivity index (χ4v) is 2.07. The molecule has 2 heterocycles. The van der Waals surface area contributed by atoms with Crippen LogP contribution in [0.3, 0.4) is 0 Å². The summed E-state index contributed by atoms with van der Waals surface area (Å²) in [4.78, 5) is 15.0. The number of rotatable bonds is 5. The van der Waals surface area contributed by atoms with Crippen molar-refractivity contribution in [2.45, 2.75) is 6.42 Å². The van der Waals surface area contributed by atoms with Crippen molar-refractivity contribution in [3.63, 3.8) is 0 Å². The fourth-order valence-electron chi connectivity index (χ4n) is 1.49. The van der Waals surface area contributed by atoms with Crippen LogP contribution in [0.5, 0.6) is 0 Å². The van der Waals surface area contributed by atoms with Crippen LogP contribution in [0.2, 0.25) is 5.02 Å². The molecule has 1 amide bonds. The molecule has 7 heteroatoms. The van der Waals surface area contributed by atoms with Crippen LogP contribution in [0.25, 0.3) is 0 Å². The Bertz CT molecular complexity index is 600. The molecule has 5 nitrogen and oxygen atoms in total. The van der Waals surface area contributed by atoms with Gasteiger partial charge < -0.3 is 15.5 Å². The second kappa shape index (κ2) is 6.08. The molecule has 0 aliphatic heterocycles. The number of carbonyl (C=O) groups excluding carboxylic acids is 1. The summed E-state index contributed by atoms with van der Waals surface area (Å²) in [5.41, 5.74) is 5.42. The van der Waals surface area contributed by atoms with E-state index in [1.165, 1.54) is 12.3 Å². The normalized spacial score (nSPS) is 10.4. The van der Waals surface area contributed by atoms with E-state index in [2.05, 4.69) is 26.2 Å². The Kier molecular flexibility index (Phi) is 4.44. The molecule has 0 aliphatic rings. The van der Waals surface area contributed by atoms with Crippen LogP contribution in [0.1, 0.15) is 16.1 Å². The summed E-state index contributed by atoms with van der Waals surface area (Å²) in [6.45, 7) is 0.614. The second-order valence-corrected chi connectivity index (χ2v) is 4.99. The summed E-state index contributed by atoms with van der Waals surface area (Å²) in [5.74, 6) is 0.808. The van der Waals surface area contributed by atoms with Crippen molar-refractivity contribution in [1.29, 1.82) is 0 Å². The highest BCUT2D eigenvalue weighted by Crippen LogP contribution is 2.20. The number of halogens is 2. The van der Waals surface area contributed by atoms with Crippen LogP contribution >= 0.6 is 27.5 Å². The number of carbonyl (C=O) groups is 1. The molecule has 0 saturated heterocycles. The minimum absolute atomic E-state index is 0.283. The van der Waals surface area contributed by atoms with E-state index in [1.807, 2.05) is 12.1 Å². The first-order chi connectivity index (χ1) is 9.06. The van der Waals surface area contributed by atoms with Crippen molar-refractivity contribution >= 4 is 39.3 Å². The lowest BCUT2D eigenvalue weighted by Crippen LogP contribution is -2.12. The predicted molar refractivity (Wildman–Crippen MR) is 76.4 cm³/mol. The molecule has 19 heavy (non-hydrogen) atoms. The topological polar surface area (TPSA) is 81.2 Å². The molecule has 2 aromatic rings. The highest BCUT2D eigenvalue weighted by molar-refractivity contribution is 9.10. The van der Waals surface area contributed by atoms with Crippen LogP contribution in [-0.2, 0) is 6.42 Å². The lowest BCUT2D eigenvalue weighted by molar-refractivity contribution is 0.1000. The third-order valence-corrected chi connectivity index (χ3v) is 3.13. The molecule has 100 valence electrons. The average Bonchev–Trinajstić information content (AvgIpc) is 2.77. The minimum atomic E-state index is -0.554. The summed E-state index contributed by atoms with van der Waals surface area (Å²) in [6.07, 6.45) is 2.08. The molecule has 0 aromatic carbocycles. The lowest BCUT2D eigenvalue weighted by Gasteiger charge is -2.07. The summed E-state index contributed by atoms with van der Waals surface area (Å²) in [7, 11) is 0. The highest BCUT2D eigenvalue weighted by atomic mass is 79.9. The number of aromatic nitrogens is 1. The average molecular weight is 345 g/mol. The van der Waals surface area contributed by atoms with E-state index >= 15 is 0 Å². The molecular weight excluding hydrogens is 334 g/mol. The standard InChI is InChI=1S/C12H11BrClN3O2/c13-10-2-1-8(19-10)3-4-16-12-9(14)5-7(6-17-12)11(15)18/h1-2,5-6H,3-4H2,(H2,15,18)(H,16,17). The number of hydrogen-bond acceptors (Lipinski definition) is 4. The molecule has 0 atom stereocenters. The fraction of sp³-hybridized carbons (Fsp3) is 0.167. The number of nitrogens with zero attached hydrogens (tertiary/aromatic N) is 1. The highest BCUT2D eigenvalue weighted by Gasteiger charge is 2.07. The van der Waals surface area contributed by atoms with Gasteiger partial charge in [-0.15, -0.1) is 0 Å². The summed E-state index contributed by atoms with van der Waals surface area (Å²) < 4.78 is 6.06. The number of nitrogens with two attached hydrogens (primary N) is 1. The third kappa shape index (κ3) is 3.71. The molecule has 0 radical (unpaired) electrons. The zero-order valence-electron chi connectivity index (χ0n) is 9.82. The van der Waals surface area contributed by atoms with E-state index < -0.39 is 5.91 Å². The van der Waals surface area contributed by atoms with Crippen LogP contribution in [0.4, 0.5) is 5.82 Å². The van der Waals surface area contributed by atoms with Crippen molar-refractivity contribution in [3.8, 4) is 0 Å². The van der Waals surface area contributed by atoms with Crippen molar-refractivity contribution in [1.82, 2.24) is 4.98 Å². The molecule has 2 rings (SSSR count). The van der Waals surface area contributed by atoms with Crippen molar-refractivity contribution in [2.75, 3.05) is 11.9 Å². The Morgan fingerprint density at radius 3 is 2.89 bits per heavy atom. The van der Waals surface area contributed by atoms with Gasteiger partial charge in [0, 0.05) is 19.2 Å². The zero-order valence-corrected chi connectivity index (χ0v) is 12.2. The Hall–Kier alpha value is -1.53. The molecule has 0 bridgehead atoms. The van der Waals surface area contributed by atoms with Gasteiger partial charge >= 0.3 is 0 Å². The van der Waals surface area contributed by atoms with Gasteiger partial charge in [-0.2, -0.15) is 0 Å². The lowest BCUT2D eigenvalue weighted by atomic mass is 10.2. The third-order valence-electron chi connectivity index (χ3n) is 2.42. The minimum Gasteiger partial charge on any atom is -0.454 e. The van der Waals surface area contributed by atoms with Gasteiger partial charge in [0.25, 0.3) is 0 Å². The van der Waals surface area contributed by atoms with Gasteiger partial charge in [0.15, 0.2) is 4.67 Å². The Labute approximate surface area is 123 Å². The van der Waals surface area contributed by atoms with Gasteiger partial charge in [0.05, 0.1) is 10.6 Å². The van der Waals surface area contributed by atoms with Crippen molar-refractivity contribution in [3.05, 3.63) is 45.4 Å². The van der Waals surface area contributed by atoms with E-state index in [9.17, 15) is 4.79 Å². The van der Waals surface area contributed by atoms with Crippen molar-refractivity contribution in [2.24, 2.45) is 5.73 Å². The van der Waals surface area contributed by atoms with Gasteiger partial charge in [-0.1, -0.05) is 11.6 Å². The quantitative estimate of drug-likeness (QED) is 0.874. The maximum absolute atomic E-state index is 11.0. The van der Waals surface area contributed by atoms with Crippen LogP contribution in [-0.4, -0.2) is 17.4 Å². The summed E-state index contributed by atoms with van der Waals surface area (Å²) in [5, 5.41) is 3.42. The number of nitrogens with one attached hydrogen (secondary N) is 1. The number of primary amides is 1. The van der Waals surface area contributed by atoms with Crippen LogP contribution in [0.15, 0.2) is 33.5 Å². The van der Waals surface area contributed by atoms with E-state index in [-0.39, 0.29) is 5.56 Å². The zero-order chi connectivity index (χ0) is 13.8. The first-order valence-corrected chi connectivity index (χ1v) is 6.67. The van der Waals surface area contributed by atoms with Gasteiger partial charge in [0.1, 0.15) is 11.6 Å². The van der Waals surface area contributed by atoms with E-state index in [4.69, 9.17) is 21.8 Å². The first kappa shape index (κ1) is 13.9. The van der Waals surface area contributed by atoms with Crippen molar-refractivity contribution < 1.29 is 9.21 Å². The molecular formula is C12H11BrClN3O2. The second-order valence-electron chi connectivity index (χ2n) is 3.80. The SMILES string of the molecule is NC(=O)c1cnc(NCCc2ccc(Br)o2)c(Cl)c1. The molecule has 0 unspecified atom stereocenters. The molecule has 0 aliphatic carbocycles. The number of furan rings is 1. The summed E-state index contributed by atoms with van der Waals surface area (Å²) in [6, 6.07) is 5.21. The maximum Gasteiger partial charge on any atom is 0.250 e. The Morgan fingerprint density at radius 2 is 2.32 bits per heavy atom. The first-order valence-electron chi connectivity index (χ1n) is 5.49. The van der Waals surface area contributed by atoms with E-state index in [0.29, 0.717) is 28.5 Å². The Morgan fingerprint density at radius 1 is 1.53 bits per heavy atom. The molecule has 0 saturated carbocycles. The predicted octanol–water partition coefficient (Wildman–Crippen LogP) is 2.84. The monoisotopic (exact) mass is 343 g/mol. The van der Waals surface area contributed by atoms with Crippen LogP contribution < -0.4 is 11.1 Å². The number of hydrogen-bond donors (Lipinski definition) is 2. The number of anilines is 1. The van der Waals surface area contributed by atoms with Gasteiger partial charge in [0.2, 0.25) is 5.91 Å². The van der Waals surface area contributed by atoms with Gasteiger partial charge in [-0.25, -0.2) is 4.98 Å². The molecule has 0 fully saturated rings. The maximum atomic E-state index is 11.0. The smallest absolute Gasteiger partial charge is 0.250 e. The molecule has 2 aromatic heterocycles. The van der Waals surface area contributed by atoms with Crippen LogP contribution in [0, 0.1) is 0 Å². The van der Waals surface area contributed by atoms with E-state index in [0.717, 1.165) is 5.76 Å². The van der Waals surface area contributed by atoms with E-state index in [1.54, 1.807) is 0 Å². The largest absolute Gasteiger partial charge is 0.454 e.